The van der Waals surface area contributed by atoms with Gasteiger partial charge < -0.3 is 9.47 Å². The van der Waals surface area contributed by atoms with Gasteiger partial charge in [-0.25, -0.2) is 4.39 Å². The van der Waals surface area contributed by atoms with E-state index < -0.39 is 6.36 Å². The minimum atomic E-state index is -4.74. The van der Waals surface area contributed by atoms with Crippen molar-refractivity contribution in [1.29, 1.82) is 0 Å². The van der Waals surface area contributed by atoms with Gasteiger partial charge in [0.2, 0.25) is 0 Å². The average molecular weight is 396 g/mol. The third-order valence-corrected chi connectivity index (χ3v) is 5.33. The Morgan fingerprint density at radius 2 is 1.71 bits per heavy atom. The predicted molar refractivity (Wildman–Crippen MR) is 98.8 cm³/mol. The van der Waals surface area contributed by atoms with E-state index in [0.717, 1.165) is 37.2 Å². The molecular formula is C22H24F4O2. The summed E-state index contributed by atoms with van der Waals surface area (Å²) in [5, 5.41) is 0. The molecule has 2 aromatic carbocycles. The summed E-state index contributed by atoms with van der Waals surface area (Å²) < 4.78 is 60.7. The van der Waals surface area contributed by atoms with Gasteiger partial charge >= 0.3 is 6.36 Å². The number of alkyl halides is 3. The Balaban J connectivity index is 1.65. The SMILES string of the molecule is CCC1CCC(c2cc(F)cc(OCc3cccc(OC(F)(F)F)c3)c2)CC1. The van der Waals surface area contributed by atoms with E-state index in [1.807, 2.05) is 6.07 Å². The van der Waals surface area contributed by atoms with Crippen molar-refractivity contribution in [2.75, 3.05) is 0 Å². The van der Waals surface area contributed by atoms with Crippen LogP contribution >= 0.6 is 0 Å². The number of hydrogen-bond acceptors (Lipinski definition) is 2. The van der Waals surface area contributed by atoms with Gasteiger partial charge in [0.15, 0.2) is 0 Å². The first kappa shape index (κ1) is 20.5. The summed E-state index contributed by atoms with van der Waals surface area (Å²) in [7, 11) is 0. The lowest BCUT2D eigenvalue weighted by molar-refractivity contribution is -0.274. The molecule has 6 heteroatoms. The highest BCUT2D eigenvalue weighted by atomic mass is 19.4. The molecule has 2 aromatic rings. The number of benzene rings is 2. The molecule has 0 unspecified atom stereocenters. The predicted octanol–water partition coefficient (Wildman–Crippen LogP) is 6.99. The molecule has 1 aliphatic rings. The molecule has 28 heavy (non-hydrogen) atoms. The van der Waals surface area contributed by atoms with E-state index in [9.17, 15) is 17.6 Å². The van der Waals surface area contributed by atoms with Gasteiger partial charge in [-0.1, -0.05) is 25.5 Å². The Morgan fingerprint density at radius 1 is 0.964 bits per heavy atom. The largest absolute Gasteiger partial charge is 0.573 e. The third kappa shape index (κ3) is 5.88. The highest BCUT2D eigenvalue weighted by molar-refractivity contribution is 5.33. The fraction of sp³-hybridized carbons (Fsp3) is 0.455. The summed E-state index contributed by atoms with van der Waals surface area (Å²) in [6.07, 6.45) is 0.825. The highest BCUT2D eigenvalue weighted by Crippen LogP contribution is 2.38. The van der Waals surface area contributed by atoms with E-state index in [4.69, 9.17) is 4.74 Å². The molecule has 3 rings (SSSR count). The molecule has 0 saturated heterocycles. The normalized spacial score (nSPS) is 20.0. The molecule has 1 saturated carbocycles. The van der Waals surface area contributed by atoms with Crippen molar-refractivity contribution in [1.82, 2.24) is 0 Å². The van der Waals surface area contributed by atoms with Crippen LogP contribution in [-0.2, 0) is 6.61 Å². The second kappa shape index (κ2) is 8.84. The van der Waals surface area contributed by atoms with E-state index in [-0.39, 0.29) is 18.2 Å². The van der Waals surface area contributed by atoms with E-state index in [1.54, 1.807) is 12.1 Å². The fourth-order valence-corrected chi connectivity index (χ4v) is 3.81. The maximum atomic E-state index is 14.1. The molecule has 0 heterocycles. The van der Waals surface area contributed by atoms with Crippen LogP contribution in [0.5, 0.6) is 11.5 Å². The van der Waals surface area contributed by atoms with Gasteiger partial charge in [0.05, 0.1) is 0 Å². The molecule has 0 N–H and O–H groups in total. The zero-order valence-electron chi connectivity index (χ0n) is 15.8. The Bertz CT molecular complexity index is 780. The number of rotatable bonds is 6. The van der Waals surface area contributed by atoms with Crippen molar-refractivity contribution in [3.05, 3.63) is 59.4 Å². The monoisotopic (exact) mass is 396 g/mol. The molecule has 2 nitrogen and oxygen atoms in total. The van der Waals surface area contributed by atoms with Crippen LogP contribution in [0.4, 0.5) is 17.6 Å². The molecule has 0 bridgehead atoms. The van der Waals surface area contributed by atoms with Gasteiger partial charge in [0, 0.05) is 6.07 Å². The summed E-state index contributed by atoms with van der Waals surface area (Å²) in [6.45, 7) is 2.23. The molecule has 1 fully saturated rings. The van der Waals surface area contributed by atoms with Crippen molar-refractivity contribution in [2.24, 2.45) is 5.92 Å². The van der Waals surface area contributed by atoms with Gasteiger partial charge in [-0.2, -0.15) is 0 Å². The maximum Gasteiger partial charge on any atom is 0.573 e. The second-order valence-corrected chi connectivity index (χ2v) is 7.33. The van der Waals surface area contributed by atoms with Crippen molar-refractivity contribution in [2.45, 2.75) is 57.9 Å². The Morgan fingerprint density at radius 3 is 2.39 bits per heavy atom. The van der Waals surface area contributed by atoms with Crippen molar-refractivity contribution in [3.63, 3.8) is 0 Å². The average Bonchev–Trinajstić information content (AvgIpc) is 2.65. The number of ether oxygens (including phenoxy) is 2. The molecule has 1 aliphatic carbocycles. The van der Waals surface area contributed by atoms with Crippen LogP contribution in [0.25, 0.3) is 0 Å². The lowest BCUT2D eigenvalue weighted by atomic mass is 9.78. The lowest BCUT2D eigenvalue weighted by Crippen LogP contribution is -2.17. The molecule has 152 valence electrons. The van der Waals surface area contributed by atoms with Crippen LogP contribution in [0, 0.1) is 11.7 Å². The van der Waals surface area contributed by atoms with Crippen molar-refractivity contribution < 1.29 is 27.0 Å². The first-order valence-electron chi connectivity index (χ1n) is 9.60. The van der Waals surface area contributed by atoms with Crippen molar-refractivity contribution >= 4 is 0 Å². The minimum absolute atomic E-state index is 0.0283. The van der Waals surface area contributed by atoms with E-state index in [2.05, 4.69) is 11.7 Å². The van der Waals surface area contributed by atoms with Crippen LogP contribution in [0.1, 0.15) is 56.1 Å². The van der Waals surface area contributed by atoms with Crippen LogP contribution in [0.2, 0.25) is 0 Å². The maximum absolute atomic E-state index is 14.1. The smallest absolute Gasteiger partial charge is 0.489 e. The van der Waals surface area contributed by atoms with Gasteiger partial charge in [0.25, 0.3) is 0 Å². The first-order valence-corrected chi connectivity index (χ1v) is 9.60. The Hall–Kier alpha value is -2.24. The van der Waals surface area contributed by atoms with Crippen molar-refractivity contribution in [3.8, 4) is 11.5 Å². The molecule has 0 aromatic heterocycles. The quantitative estimate of drug-likeness (QED) is 0.490. The lowest BCUT2D eigenvalue weighted by Gasteiger charge is -2.28. The van der Waals surface area contributed by atoms with Crippen LogP contribution in [0.3, 0.4) is 0 Å². The topological polar surface area (TPSA) is 18.5 Å². The summed E-state index contributed by atoms with van der Waals surface area (Å²) in [6, 6.07) is 10.3. The third-order valence-electron chi connectivity index (χ3n) is 5.33. The Kier molecular flexibility index (Phi) is 6.47. The molecule has 0 radical (unpaired) electrons. The molecule has 0 atom stereocenters. The Labute approximate surface area is 162 Å². The zero-order valence-corrected chi connectivity index (χ0v) is 15.8. The van der Waals surface area contributed by atoms with Crippen LogP contribution in [-0.4, -0.2) is 6.36 Å². The fourth-order valence-electron chi connectivity index (χ4n) is 3.81. The highest BCUT2D eigenvalue weighted by Gasteiger charge is 2.31. The van der Waals surface area contributed by atoms with Gasteiger partial charge in [-0.05, 0) is 72.9 Å². The standard InChI is InChI=1S/C22H24F4O2/c1-2-15-6-8-17(9-7-15)18-11-19(23)13-21(12-18)27-14-16-4-3-5-20(10-16)28-22(24,25)26/h3-5,10-13,15,17H,2,6-9,14H2,1H3. The van der Waals surface area contributed by atoms with Gasteiger partial charge in [0.1, 0.15) is 23.9 Å². The minimum Gasteiger partial charge on any atom is -0.489 e. The first-order chi connectivity index (χ1) is 13.3. The summed E-state index contributed by atoms with van der Waals surface area (Å²) in [5.74, 6) is 0.798. The summed E-state index contributed by atoms with van der Waals surface area (Å²) in [4.78, 5) is 0. The number of halogens is 4. The summed E-state index contributed by atoms with van der Waals surface area (Å²) in [5.41, 5.74) is 1.44. The summed E-state index contributed by atoms with van der Waals surface area (Å²) >= 11 is 0. The molecular weight excluding hydrogens is 372 g/mol. The van der Waals surface area contributed by atoms with Gasteiger partial charge in [-0.3, -0.25) is 0 Å². The van der Waals surface area contributed by atoms with E-state index in [0.29, 0.717) is 17.2 Å². The van der Waals surface area contributed by atoms with E-state index >= 15 is 0 Å². The van der Waals surface area contributed by atoms with Crippen LogP contribution < -0.4 is 9.47 Å². The second-order valence-electron chi connectivity index (χ2n) is 7.33. The zero-order chi connectivity index (χ0) is 20.1. The number of hydrogen-bond donors (Lipinski definition) is 0. The van der Waals surface area contributed by atoms with Gasteiger partial charge in [-0.15, -0.1) is 13.2 Å². The molecule has 0 amide bonds. The van der Waals surface area contributed by atoms with E-state index in [1.165, 1.54) is 30.7 Å². The van der Waals surface area contributed by atoms with Crippen LogP contribution in [0.15, 0.2) is 42.5 Å². The molecule has 0 aliphatic heterocycles. The molecule has 0 spiro atoms.